The second kappa shape index (κ2) is 6.22. The summed E-state index contributed by atoms with van der Waals surface area (Å²) < 4.78 is 5.78. The monoisotopic (exact) mass is 290 g/mol. The molecule has 0 radical (unpaired) electrons. The summed E-state index contributed by atoms with van der Waals surface area (Å²) in [5, 5.41) is 0. The van der Waals surface area contributed by atoms with Crippen LogP contribution in [0.3, 0.4) is 0 Å². The minimum atomic E-state index is 0.529. The van der Waals surface area contributed by atoms with E-state index in [1.165, 1.54) is 0 Å². The Morgan fingerprint density at radius 1 is 0.773 bits per heavy atom. The van der Waals surface area contributed by atoms with Crippen LogP contribution in [0.5, 0.6) is 5.75 Å². The van der Waals surface area contributed by atoms with Crippen LogP contribution in [0.1, 0.15) is 5.56 Å². The number of benzene rings is 3. The molecule has 0 bridgehead atoms. The lowest BCUT2D eigenvalue weighted by molar-refractivity contribution is 0.306. The van der Waals surface area contributed by atoms with Crippen LogP contribution in [0, 0.1) is 0 Å². The van der Waals surface area contributed by atoms with Gasteiger partial charge in [-0.2, -0.15) is 0 Å². The maximum atomic E-state index is 6.15. The van der Waals surface area contributed by atoms with E-state index in [9.17, 15) is 0 Å². The van der Waals surface area contributed by atoms with Gasteiger partial charge in [0.25, 0.3) is 0 Å². The lowest BCUT2D eigenvalue weighted by Crippen LogP contribution is -1.97. The zero-order valence-electron chi connectivity index (χ0n) is 12.2. The normalized spacial score (nSPS) is 10.4. The van der Waals surface area contributed by atoms with Gasteiger partial charge >= 0.3 is 0 Å². The number of anilines is 2. The molecule has 0 aliphatic carbocycles. The summed E-state index contributed by atoms with van der Waals surface area (Å²) >= 11 is 0. The number of hydrogen-bond donors (Lipinski definition) is 2. The van der Waals surface area contributed by atoms with Crippen LogP contribution in [-0.2, 0) is 6.61 Å². The molecule has 4 N–H and O–H groups in total. The van der Waals surface area contributed by atoms with E-state index in [-0.39, 0.29) is 0 Å². The fourth-order valence-electron chi connectivity index (χ4n) is 2.30. The Morgan fingerprint density at radius 2 is 1.50 bits per heavy atom. The third-order valence-electron chi connectivity index (χ3n) is 3.49. The van der Waals surface area contributed by atoms with Crippen molar-refractivity contribution in [1.29, 1.82) is 0 Å². The summed E-state index contributed by atoms with van der Waals surface area (Å²) in [4.78, 5) is 0. The van der Waals surface area contributed by atoms with Crippen molar-refractivity contribution in [3.8, 4) is 16.9 Å². The molecule has 22 heavy (non-hydrogen) atoms. The summed E-state index contributed by atoms with van der Waals surface area (Å²) in [5.74, 6) is 0.764. The standard InChI is InChI=1S/C19H18N2O/c20-16-8-6-15(7-9-16)18-11-10-17(12-19(18)21)22-13-14-4-2-1-3-5-14/h1-12H,13,20-21H2. The fraction of sp³-hybridized carbons (Fsp3) is 0.0526. The van der Waals surface area contributed by atoms with Crippen LogP contribution in [0.4, 0.5) is 11.4 Å². The van der Waals surface area contributed by atoms with Gasteiger partial charge in [-0.15, -0.1) is 0 Å². The van der Waals surface area contributed by atoms with Crippen molar-refractivity contribution in [2.75, 3.05) is 11.5 Å². The van der Waals surface area contributed by atoms with Gasteiger partial charge in [0.05, 0.1) is 0 Å². The minimum Gasteiger partial charge on any atom is -0.489 e. The molecule has 3 aromatic carbocycles. The van der Waals surface area contributed by atoms with Gasteiger partial charge in [0.2, 0.25) is 0 Å². The van der Waals surface area contributed by atoms with Crippen LogP contribution < -0.4 is 16.2 Å². The molecule has 0 saturated carbocycles. The topological polar surface area (TPSA) is 61.3 Å². The summed E-state index contributed by atoms with van der Waals surface area (Å²) in [7, 11) is 0. The highest BCUT2D eigenvalue weighted by Crippen LogP contribution is 2.30. The van der Waals surface area contributed by atoms with Crippen LogP contribution in [0.2, 0.25) is 0 Å². The Balaban J connectivity index is 1.76. The van der Waals surface area contributed by atoms with E-state index in [2.05, 4.69) is 0 Å². The van der Waals surface area contributed by atoms with Gasteiger partial charge in [-0.05, 0) is 35.4 Å². The lowest BCUT2D eigenvalue weighted by Gasteiger charge is -2.10. The summed E-state index contributed by atoms with van der Waals surface area (Å²) in [5.41, 5.74) is 16.4. The van der Waals surface area contributed by atoms with Gasteiger partial charge in [0.1, 0.15) is 12.4 Å². The van der Waals surface area contributed by atoms with E-state index in [1.54, 1.807) is 0 Å². The van der Waals surface area contributed by atoms with Gasteiger partial charge in [0, 0.05) is 23.0 Å². The first-order valence-corrected chi connectivity index (χ1v) is 7.14. The first-order valence-electron chi connectivity index (χ1n) is 7.14. The van der Waals surface area contributed by atoms with Crippen molar-refractivity contribution in [1.82, 2.24) is 0 Å². The van der Waals surface area contributed by atoms with E-state index in [0.717, 1.165) is 28.1 Å². The molecule has 0 saturated heterocycles. The molecule has 3 nitrogen and oxygen atoms in total. The minimum absolute atomic E-state index is 0.529. The molecule has 0 amide bonds. The smallest absolute Gasteiger partial charge is 0.121 e. The quantitative estimate of drug-likeness (QED) is 0.711. The number of rotatable bonds is 4. The Bertz CT molecular complexity index is 752. The largest absolute Gasteiger partial charge is 0.489 e. The molecule has 0 aliphatic heterocycles. The van der Waals surface area contributed by atoms with Crippen molar-refractivity contribution in [3.05, 3.63) is 78.4 Å². The zero-order valence-corrected chi connectivity index (χ0v) is 12.2. The highest BCUT2D eigenvalue weighted by Gasteiger charge is 2.05. The van der Waals surface area contributed by atoms with Gasteiger partial charge < -0.3 is 16.2 Å². The molecule has 0 fully saturated rings. The lowest BCUT2D eigenvalue weighted by atomic mass is 10.0. The Labute approximate surface area is 130 Å². The molecule has 0 atom stereocenters. The number of ether oxygens (including phenoxy) is 1. The number of nitrogens with two attached hydrogens (primary N) is 2. The van der Waals surface area contributed by atoms with E-state index < -0.39 is 0 Å². The van der Waals surface area contributed by atoms with Gasteiger partial charge in [-0.25, -0.2) is 0 Å². The van der Waals surface area contributed by atoms with Crippen LogP contribution >= 0.6 is 0 Å². The summed E-state index contributed by atoms with van der Waals surface area (Å²) in [6.45, 7) is 0.529. The summed E-state index contributed by atoms with van der Waals surface area (Å²) in [6, 6.07) is 23.5. The second-order valence-electron chi connectivity index (χ2n) is 5.15. The molecule has 3 rings (SSSR count). The molecule has 0 aromatic heterocycles. The highest BCUT2D eigenvalue weighted by molar-refractivity contribution is 5.78. The molecular formula is C19H18N2O. The average molecular weight is 290 g/mol. The average Bonchev–Trinajstić information content (AvgIpc) is 2.55. The van der Waals surface area contributed by atoms with E-state index in [4.69, 9.17) is 16.2 Å². The second-order valence-corrected chi connectivity index (χ2v) is 5.15. The van der Waals surface area contributed by atoms with Gasteiger partial charge in [-0.3, -0.25) is 0 Å². The molecular weight excluding hydrogens is 272 g/mol. The Morgan fingerprint density at radius 3 is 2.18 bits per heavy atom. The van der Waals surface area contributed by atoms with Crippen LogP contribution in [0.25, 0.3) is 11.1 Å². The maximum Gasteiger partial charge on any atom is 0.121 e. The summed E-state index contributed by atoms with van der Waals surface area (Å²) in [6.07, 6.45) is 0. The molecule has 3 aromatic rings. The molecule has 0 spiro atoms. The maximum absolute atomic E-state index is 6.15. The zero-order chi connectivity index (χ0) is 15.4. The fourth-order valence-corrected chi connectivity index (χ4v) is 2.30. The first kappa shape index (κ1) is 14.0. The number of nitrogen functional groups attached to an aromatic ring is 2. The predicted molar refractivity (Wildman–Crippen MR) is 91.5 cm³/mol. The van der Waals surface area contributed by atoms with E-state index in [0.29, 0.717) is 12.3 Å². The highest BCUT2D eigenvalue weighted by atomic mass is 16.5. The van der Waals surface area contributed by atoms with Crippen molar-refractivity contribution in [3.63, 3.8) is 0 Å². The third kappa shape index (κ3) is 3.20. The van der Waals surface area contributed by atoms with Crippen molar-refractivity contribution < 1.29 is 4.74 Å². The van der Waals surface area contributed by atoms with Crippen molar-refractivity contribution in [2.45, 2.75) is 6.61 Å². The molecule has 0 unspecified atom stereocenters. The van der Waals surface area contributed by atoms with Crippen LogP contribution in [0.15, 0.2) is 72.8 Å². The van der Waals surface area contributed by atoms with Gasteiger partial charge in [-0.1, -0.05) is 42.5 Å². The van der Waals surface area contributed by atoms with E-state index >= 15 is 0 Å². The van der Waals surface area contributed by atoms with Crippen molar-refractivity contribution >= 4 is 11.4 Å². The van der Waals surface area contributed by atoms with Gasteiger partial charge in [0.15, 0.2) is 0 Å². The van der Waals surface area contributed by atoms with Crippen LogP contribution in [-0.4, -0.2) is 0 Å². The SMILES string of the molecule is Nc1ccc(-c2ccc(OCc3ccccc3)cc2N)cc1. The number of hydrogen-bond acceptors (Lipinski definition) is 3. The first-order chi connectivity index (χ1) is 10.7. The molecule has 0 aliphatic rings. The molecule has 0 heterocycles. The van der Waals surface area contributed by atoms with Crippen molar-refractivity contribution in [2.24, 2.45) is 0 Å². The predicted octanol–water partition coefficient (Wildman–Crippen LogP) is 4.10. The Kier molecular flexibility index (Phi) is 3.97. The molecule has 3 heteroatoms. The Hall–Kier alpha value is -2.94. The third-order valence-corrected chi connectivity index (χ3v) is 3.49. The molecule has 110 valence electrons. The van der Waals surface area contributed by atoms with E-state index in [1.807, 2.05) is 72.8 Å².